The van der Waals surface area contributed by atoms with Crippen LogP contribution in [0.5, 0.6) is 0 Å². The van der Waals surface area contributed by atoms with Gasteiger partial charge in [-0.3, -0.25) is 0 Å². The van der Waals surface area contributed by atoms with Crippen LogP contribution in [0.2, 0.25) is 0 Å². The molecule has 2 aromatic rings. The number of aryl methyl sites for hydroxylation is 3. The van der Waals surface area contributed by atoms with Crippen LogP contribution in [0.25, 0.3) is 0 Å². The Bertz CT molecular complexity index is 608. The third kappa shape index (κ3) is 3.35. The van der Waals surface area contributed by atoms with Gasteiger partial charge in [0.05, 0.1) is 0 Å². The molecular formula is C16H17BrFN. The topological polar surface area (TPSA) is 12.0 Å². The molecule has 0 unspecified atom stereocenters. The number of hydrogen-bond donors (Lipinski definition) is 1. The van der Waals surface area contributed by atoms with Crippen LogP contribution in [-0.4, -0.2) is 0 Å². The summed E-state index contributed by atoms with van der Waals surface area (Å²) in [4.78, 5) is 0. The molecule has 0 heterocycles. The van der Waals surface area contributed by atoms with Gasteiger partial charge in [-0.05, 0) is 77.2 Å². The van der Waals surface area contributed by atoms with Crippen LogP contribution in [0.1, 0.15) is 22.3 Å². The minimum Gasteiger partial charge on any atom is -0.380 e. The number of rotatable bonds is 3. The third-order valence-electron chi connectivity index (χ3n) is 3.35. The second-order valence-corrected chi connectivity index (χ2v) is 5.70. The van der Waals surface area contributed by atoms with E-state index in [1.54, 1.807) is 6.07 Å². The fraction of sp³-hybridized carbons (Fsp3) is 0.250. The molecule has 0 saturated heterocycles. The monoisotopic (exact) mass is 321 g/mol. The van der Waals surface area contributed by atoms with Crippen molar-refractivity contribution in [3.05, 3.63) is 62.9 Å². The minimum atomic E-state index is -0.236. The van der Waals surface area contributed by atoms with Crippen molar-refractivity contribution in [2.24, 2.45) is 0 Å². The van der Waals surface area contributed by atoms with E-state index in [9.17, 15) is 4.39 Å². The number of anilines is 1. The molecule has 2 rings (SSSR count). The van der Waals surface area contributed by atoms with Gasteiger partial charge in [0, 0.05) is 16.7 Å². The number of nitrogens with one attached hydrogen (secondary N) is 1. The molecule has 0 fully saturated rings. The summed E-state index contributed by atoms with van der Waals surface area (Å²) in [5.74, 6) is -0.236. The van der Waals surface area contributed by atoms with Crippen molar-refractivity contribution in [2.45, 2.75) is 27.3 Å². The first-order chi connectivity index (χ1) is 8.97. The second-order valence-electron chi connectivity index (χ2n) is 4.84. The van der Waals surface area contributed by atoms with Gasteiger partial charge in [0.1, 0.15) is 5.82 Å². The first-order valence-electron chi connectivity index (χ1n) is 6.23. The summed E-state index contributed by atoms with van der Waals surface area (Å²) in [5, 5.41) is 3.33. The largest absolute Gasteiger partial charge is 0.380 e. The Morgan fingerprint density at radius 3 is 2.37 bits per heavy atom. The maximum Gasteiger partial charge on any atom is 0.124 e. The van der Waals surface area contributed by atoms with Crippen LogP contribution in [0.15, 0.2) is 34.8 Å². The summed E-state index contributed by atoms with van der Waals surface area (Å²) in [6, 6.07) is 9.08. The molecule has 0 spiro atoms. The Labute approximate surface area is 122 Å². The van der Waals surface area contributed by atoms with Crippen molar-refractivity contribution < 1.29 is 4.39 Å². The third-order valence-corrected chi connectivity index (χ3v) is 4.01. The van der Waals surface area contributed by atoms with E-state index in [4.69, 9.17) is 0 Å². The maximum absolute atomic E-state index is 13.0. The molecule has 0 aromatic heterocycles. The van der Waals surface area contributed by atoms with Crippen molar-refractivity contribution in [1.29, 1.82) is 0 Å². The lowest BCUT2D eigenvalue weighted by Gasteiger charge is -2.13. The van der Waals surface area contributed by atoms with Gasteiger partial charge in [0.25, 0.3) is 0 Å². The summed E-state index contributed by atoms with van der Waals surface area (Å²) in [5.41, 5.74) is 6.04. The molecule has 0 saturated carbocycles. The number of benzene rings is 2. The summed E-state index contributed by atoms with van der Waals surface area (Å²) >= 11 is 3.36. The first kappa shape index (κ1) is 14.1. The van der Waals surface area contributed by atoms with E-state index < -0.39 is 0 Å². The average Bonchev–Trinajstić information content (AvgIpc) is 2.34. The van der Waals surface area contributed by atoms with E-state index in [0.717, 1.165) is 16.7 Å². The Balaban J connectivity index is 2.16. The molecule has 0 bridgehead atoms. The normalized spacial score (nSPS) is 10.6. The molecule has 0 aliphatic heterocycles. The van der Waals surface area contributed by atoms with E-state index in [1.807, 2.05) is 0 Å². The lowest BCUT2D eigenvalue weighted by molar-refractivity contribution is 0.627. The Hall–Kier alpha value is -1.35. The van der Waals surface area contributed by atoms with Crippen molar-refractivity contribution in [3.63, 3.8) is 0 Å². The lowest BCUT2D eigenvalue weighted by Crippen LogP contribution is -2.03. The summed E-state index contributed by atoms with van der Waals surface area (Å²) < 4.78 is 13.8. The molecule has 100 valence electrons. The SMILES string of the molecule is Cc1cc(C)c(CNc2ccc(F)cc2Br)cc1C. The summed E-state index contributed by atoms with van der Waals surface area (Å²) in [6.45, 7) is 7.09. The molecule has 3 heteroatoms. The molecule has 1 N–H and O–H groups in total. The summed E-state index contributed by atoms with van der Waals surface area (Å²) in [7, 11) is 0. The molecular weight excluding hydrogens is 305 g/mol. The smallest absolute Gasteiger partial charge is 0.124 e. The van der Waals surface area contributed by atoms with Crippen molar-refractivity contribution in [1.82, 2.24) is 0 Å². The van der Waals surface area contributed by atoms with Crippen LogP contribution in [-0.2, 0) is 6.54 Å². The molecule has 1 nitrogen and oxygen atoms in total. The number of hydrogen-bond acceptors (Lipinski definition) is 1. The zero-order chi connectivity index (χ0) is 14.0. The Kier molecular flexibility index (Phi) is 4.25. The van der Waals surface area contributed by atoms with Gasteiger partial charge in [0.2, 0.25) is 0 Å². The van der Waals surface area contributed by atoms with Gasteiger partial charge in [-0.1, -0.05) is 12.1 Å². The second kappa shape index (κ2) is 5.74. The van der Waals surface area contributed by atoms with E-state index in [0.29, 0.717) is 0 Å². The van der Waals surface area contributed by atoms with E-state index in [1.165, 1.54) is 34.4 Å². The highest BCUT2D eigenvalue weighted by atomic mass is 79.9. The molecule has 0 aliphatic carbocycles. The highest BCUT2D eigenvalue weighted by Crippen LogP contribution is 2.24. The van der Waals surface area contributed by atoms with Gasteiger partial charge in [0.15, 0.2) is 0 Å². The van der Waals surface area contributed by atoms with Crippen LogP contribution in [0.4, 0.5) is 10.1 Å². The van der Waals surface area contributed by atoms with Gasteiger partial charge in [-0.2, -0.15) is 0 Å². The first-order valence-corrected chi connectivity index (χ1v) is 7.02. The Morgan fingerprint density at radius 2 is 1.68 bits per heavy atom. The molecule has 0 atom stereocenters. The quantitative estimate of drug-likeness (QED) is 0.826. The molecule has 0 aliphatic rings. The fourth-order valence-corrected chi connectivity index (χ4v) is 2.53. The zero-order valence-corrected chi connectivity index (χ0v) is 12.9. The highest BCUT2D eigenvalue weighted by Gasteiger charge is 2.04. The molecule has 0 radical (unpaired) electrons. The minimum absolute atomic E-state index is 0.236. The summed E-state index contributed by atoms with van der Waals surface area (Å²) in [6.07, 6.45) is 0. The fourth-order valence-electron chi connectivity index (χ4n) is 2.03. The predicted octanol–water partition coefficient (Wildman–Crippen LogP) is 5.13. The number of halogens is 2. The van der Waals surface area contributed by atoms with Crippen LogP contribution >= 0.6 is 15.9 Å². The van der Waals surface area contributed by atoms with Crippen molar-refractivity contribution in [3.8, 4) is 0 Å². The standard InChI is InChI=1S/C16H17BrFN/c1-10-6-12(3)13(7-11(10)2)9-19-16-5-4-14(18)8-15(16)17/h4-8,19H,9H2,1-3H3. The predicted molar refractivity (Wildman–Crippen MR) is 82.1 cm³/mol. The van der Waals surface area contributed by atoms with Crippen molar-refractivity contribution in [2.75, 3.05) is 5.32 Å². The van der Waals surface area contributed by atoms with Gasteiger partial charge < -0.3 is 5.32 Å². The van der Waals surface area contributed by atoms with Gasteiger partial charge in [-0.15, -0.1) is 0 Å². The molecule has 19 heavy (non-hydrogen) atoms. The van der Waals surface area contributed by atoms with Crippen LogP contribution in [0.3, 0.4) is 0 Å². The highest BCUT2D eigenvalue weighted by molar-refractivity contribution is 9.10. The van der Waals surface area contributed by atoms with E-state index in [2.05, 4.69) is 54.2 Å². The lowest BCUT2D eigenvalue weighted by atomic mass is 10.0. The zero-order valence-electron chi connectivity index (χ0n) is 11.3. The molecule has 2 aromatic carbocycles. The van der Waals surface area contributed by atoms with Crippen molar-refractivity contribution >= 4 is 21.6 Å². The van der Waals surface area contributed by atoms with Crippen LogP contribution < -0.4 is 5.32 Å². The van der Waals surface area contributed by atoms with E-state index >= 15 is 0 Å². The Morgan fingerprint density at radius 1 is 1.00 bits per heavy atom. The van der Waals surface area contributed by atoms with Gasteiger partial charge in [-0.25, -0.2) is 4.39 Å². The van der Waals surface area contributed by atoms with Crippen LogP contribution in [0, 0.1) is 26.6 Å². The van der Waals surface area contributed by atoms with Gasteiger partial charge >= 0.3 is 0 Å². The molecule has 0 amide bonds. The van der Waals surface area contributed by atoms with E-state index in [-0.39, 0.29) is 5.82 Å². The maximum atomic E-state index is 13.0. The average molecular weight is 322 g/mol.